The molecule has 0 aliphatic heterocycles. The Balaban J connectivity index is 2.30. The molecule has 0 bridgehead atoms. The van der Waals surface area contributed by atoms with E-state index in [-0.39, 0.29) is 5.56 Å². The SMILES string of the molecule is O=c1cc(-c2cccc(C(F)(F)F)c2)c2cc(Br)ccc2[nH]1. The average Bonchev–Trinajstić information content (AvgIpc) is 2.46. The van der Waals surface area contributed by atoms with Gasteiger partial charge in [0.2, 0.25) is 5.56 Å². The van der Waals surface area contributed by atoms with E-state index in [1.165, 1.54) is 12.1 Å². The van der Waals surface area contributed by atoms with E-state index in [1.807, 2.05) is 0 Å². The molecule has 0 saturated carbocycles. The highest BCUT2D eigenvalue weighted by atomic mass is 79.9. The van der Waals surface area contributed by atoms with Crippen molar-refractivity contribution < 1.29 is 13.2 Å². The molecule has 6 heteroatoms. The Labute approximate surface area is 131 Å². The van der Waals surface area contributed by atoms with Gasteiger partial charge in [-0.05, 0) is 41.5 Å². The normalized spacial score (nSPS) is 11.8. The van der Waals surface area contributed by atoms with Crippen molar-refractivity contribution in [1.82, 2.24) is 4.98 Å². The number of halogens is 4. The van der Waals surface area contributed by atoms with Crippen LogP contribution in [0.5, 0.6) is 0 Å². The van der Waals surface area contributed by atoms with Crippen LogP contribution in [0.1, 0.15) is 5.56 Å². The summed E-state index contributed by atoms with van der Waals surface area (Å²) in [5.41, 5.74) is 0.286. The van der Waals surface area contributed by atoms with Gasteiger partial charge in [-0.2, -0.15) is 13.2 Å². The van der Waals surface area contributed by atoms with Gasteiger partial charge in [0, 0.05) is 21.4 Å². The molecule has 0 atom stereocenters. The number of nitrogens with one attached hydrogen (secondary N) is 1. The smallest absolute Gasteiger partial charge is 0.322 e. The molecular weight excluding hydrogens is 359 g/mol. The Morgan fingerprint density at radius 3 is 2.50 bits per heavy atom. The summed E-state index contributed by atoms with van der Waals surface area (Å²) < 4.78 is 39.4. The van der Waals surface area contributed by atoms with Crippen molar-refractivity contribution in [3.63, 3.8) is 0 Å². The van der Waals surface area contributed by atoms with Gasteiger partial charge in [0.25, 0.3) is 0 Å². The number of pyridine rings is 1. The zero-order chi connectivity index (χ0) is 15.9. The zero-order valence-corrected chi connectivity index (χ0v) is 12.6. The van der Waals surface area contributed by atoms with E-state index in [9.17, 15) is 18.0 Å². The summed E-state index contributed by atoms with van der Waals surface area (Å²) in [6, 6.07) is 11.5. The quantitative estimate of drug-likeness (QED) is 0.646. The van der Waals surface area contributed by atoms with Crippen LogP contribution in [0, 0.1) is 0 Å². The molecule has 3 aromatic rings. The largest absolute Gasteiger partial charge is 0.416 e. The molecule has 0 aliphatic rings. The van der Waals surface area contributed by atoms with Gasteiger partial charge < -0.3 is 4.98 Å². The fourth-order valence-corrected chi connectivity index (χ4v) is 2.69. The number of H-pyrrole nitrogens is 1. The van der Waals surface area contributed by atoms with Gasteiger partial charge in [-0.1, -0.05) is 28.1 Å². The lowest BCUT2D eigenvalue weighted by atomic mass is 9.99. The molecule has 0 fully saturated rings. The summed E-state index contributed by atoms with van der Waals surface area (Å²) in [5.74, 6) is 0. The monoisotopic (exact) mass is 367 g/mol. The van der Waals surface area contributed by atoms with Crippen LogP contribution in [-0.2, 0) is 6.18 Å². The van der Waals surface area contributed by atoms with E-state index < -0.39 is 11.7 Å². The highest BCUT2D eigenvalue weighted by molar-refractivity contribution is 9.10. The fraction of sp³-hybridized carbons (Fsp3) is 0.0625. The molecule has 0 unspecified atom stereocenters. The maximum atomic E-state index is 12.9. The third kappa shape index (κ3) is 2.78. The van der Waals surface area contributed by atoms with E-state index in [4.69, 9.17) is 0 Å². The van der Waals surface area contributed by atoms with Crippen LogP contribution in [-0.4, -0.2) is 4.98 Å². The lowest BCUT2D eigenvalue weighted by Gasteiger charge is -2.11. The molecule has 0 saturated heterocycles. The van der Waals surface area contributed by atoms with Gasteiger partial charge in [0.05, 0.1) is 5.56 Å². The number of rotatable bonds is 1. The number of benzene rings is 2. The minimum atomic E-state index is -4.42. The maximum Gasteiger partial charge on any atom is 0.416 e. The van der Waals surface area contributed by atoms with Crippen LogP contribution < -0.4 is 5.56 Å². The molecular formula is C16H9BrF3NO. The molecule has 22 heavy (non-hydrogen) atoms. The minimum absolute atomic E-state index is 0.351. The number of fused-ring (bicyclic) bond motifs is 1. The van der Waals surface area contributed by atoms with Gasteiger partial charge in [-0.3, -0.25) is 4.79 Å². The summed E-state index contributed by atoms with van der Waals surface area (Å²) in [6.07, 6.45) is -4.42. The van der Waals surface area contributed by atoms with Crippen LogP contribution >= 0.6 is 15.9 Å². The number of alkyl halides is 3. The van der Waals surface area contributed by atoms with E-state index >= 15 is 0 Å². The standard InChI is InChI=1S/C16H9BrF3NO/c17-11-4-5-14-13(7-11)12(8-15(22)21-14)9-2-1-3-10(6-9)16(18,19)20/h1-8H,(H,21,22). The summed E-state index contributed by atoms with van der Waals surface area (Å²) in [6.45, 7) is 0. The van der Waals surface area contributed by atoms with Crippen molar-refractivity contribution in [2.24, 2.45) is 0 Å². The van der Waals surface area contributed by atoms with Gasteiger partial charge in [-0.15, -0.1) is 0 Å². The lowest BCUT2D eigenvalue weighted by Crippen LogP contribution is -2.06. The van der Waals surface area contributed by atoms with E-state index in [0.29, 0.717) is 22.0 Å². The Kier molecular flexibility index (Phi) is 3.56. The average molecular weight is 368 g/mol. The maximum absolute atomic E-state index is 12.9. The van der Waals surface area contributed by atoms with E-state index in [0.717, 1.165) is 16.6 Å². The highest BCUT2D eigenvalue weighted by Gasteiger charge is 2.30. The summed E-state index contributed by atoms with van der Waals surface area (Å²) in [7, 11) is 0. The van der Waals surface area contributed by atoms with Gasteiger partial charge >= 0.3 is 6.18 Å². The molecule has 1 aromatic heterocycles. The molecule has 112 valence electrons. The van der Waals surface area contributed by atoms with Crippen molar-refractivity contribution in [3.05, 3.63) is 68.9 Å². The predicted octanol–water partition coefficient (Wildman–Crippen LogP) is 4.98. The van der Waals surface area contributed by atoms with Crippen molar-refractivity contribution in [2.45, 2.75) is 6.18 Å². The molecule has 1 heterocycles. The predicted molar refractivity (Wildman–Crippen MR) is 82.7 cm³/mol. The Hall–Kier alpha value is -2.08. The number of hydrogen-bond donors (Lipinski definition) is 1. The Bertz CT molecular complexity index is 915. The summed E-state index contributed by atoms with van der Waals surface area (Å²) in [4.78, 5) is 14.4. The lowest BCUT2D eigenvalue weighted by molar-refractivity contribution is -0.137. The third-order valence-corrected chi connectivity index (χ3v) is 3.80. The van der Waals surface area contributed by atoms with Crippen molar-refractivity contribution in [2.75, 3.05) is 0 Å². The second-order valence-electron chi connectivity index (χ2n) is 4.82. The molecule has 0 aliphatic carbocycles. The second-order valence-corrected chi connectivity index (χ2v) is 5.73. The molecule has 0 amide bonds. The van der Waals surface area contributed by atoms with E-state index in [2.05, 4.69) is 20.9 Å². The van der Waals surface area contributed by atoms with Gasteiger partial charge in [-0.25, -0.2) is 0 Å². The van der Waals surface area contributed by atoms with E-state index in [1.54, 1.807) is 24.3 Å². The minimum Gasteiger partial charge on any atom is -0.322 e. The van der Waals surface area contributed by atoms with Crippen LogP contribution in [0.25, 0.3) is 22.0 Å². The van der Waals surface area contributed by atoms with Crippen LogP contribution in [0.15, 0.2) is 57.8 Å². The first kappa shape index (κ1) is 14.8. The second kappa shape index (κ2) is 5.28. The molecule has 3 rings (SSSR count). The van der Waals surface area contributed by atoms with Crippen LogP contribution in [0.4, 0.5) is 13.2 Å². The Morgan fingerprint density at radius 2 is 1.77 bits per heavy atom. The van der Waals surface area contributed by atoms with Gasteiger partial charge in [0.1, 0.15) is 0 Å². The van der Waals surface area contributed by atoms with Crippen molar-refractivity contribution >= 4 is 26.8 Å². The van der Waals surface area contributed by atoms with Crippen LogP contribution in [0.2, 0.25) is 0 Å². The summed E-state index contributed by atoms with van der Waals surface area (Å²) >= 11 is 3.33. The van der Waals surface area contributed by atoms with Crippen LogP contribution in [0.3, 0.4) is 0 Å². The molecule has 0 spiro atoms. The topological polar surface area (TPSA) is 32.9 Å². The molecule has 2 aromatic carbocycles. The first-order chi connectivity index (χ1) is 10.3. The molecule has 1 N–H and O–H groups in total. The molecule has 2 nitrogen and oxygen atoms in total. The number of aromatic nitrogens is 1. The van der Waals surface area contributed by atoms with Crippen molar-refractivity contribution in [1.29, 1.82) is 0 Å². The Morgan fingerprint density at radius 1 is 1.00 bits per heavy atom. The van der Waals surface area contributed by atoms with Crippen molar-refractivity contribution in [3.8, 4) is 11.1 Å². The van der Waals surface area contributed by atoms with Gasteiger partial charge in [0.15, 0.2) is 0 Å². The third-order valence-electron chi connectivity index (χ3n) is 3.31. The fourth-order valence-electron chi connectivity index (χ4n) is 2.33. The first-order valence-electron chi connectivity index (χ1n) is 6.35. The highest BCUT2D eigenvalue weighted by Crippen LogP contribution is 2.34. The zero-order valence-electron chi connectivity index (χ0n) is 11.0. The summed E-state index contributed by atoms with van der Waals surface area (Å²) in [5, 5.41) is 0.674. The molecule has 0 radical (unpaired) electrons. The first-order valence-corrected chi connectivity index (χ1v) is 7.14. The number of aromatic amines is 1. The number of hydrogen-bond acceptors (Lipinski definition) is 1.